The highest BCUT2D eigenvalue weighted by Crippen LogP contribution is 2.32. The van der Waals surface area contributed by atoms with Gasteiger partial charge in [-0.05, 0) is 20.3 Å². The maximum atomic E-state index is 11.8. The van der Waals surface area contributed by atoms with Crippen molar-refractivity contribution in [3.05, 3.63) is 11.6 Å². The van der Waals surface area contributed by atoms with Crippen LogP contribution in [-0.4, -0.2) is 22.7 Å². The first-order chi connectivity index (χ1) is 6.97. The summed E-state index contributed by atoms with van der Waals surface area (Å²) in [7, 11) is 0. The van der Waals surface area contributed by atoms with Crippen molar-refractivity contribution in [2.75, 3.05) is 6.61 Å². The highest BCUT2D eigenvalue weighted by Gasteiger charge is 2.47. The molecule has 0 aliphatic carbocycles. The van der Waals surface area contributed by atoms with Gasteiger partial charge in [-0.3, -0.25) is 9.59 Å². The molecule has 1 fully saturated rings. The lowest BCUT2D eigenvalue weighted by Gasteiger charge is -2.14. The molecule has 4 heteroatoms. The van der Waals surface area contributed by atoms with Gasteiger partial charge in [0.05, 0.1) is 6.61 Å². The van der Waals surface area contributed by atoms with Gasteiger partial charge in [0.1, 0.15) is 0 Å². The summed E-state index contributed by atoms with van der Waals surface area (Å²) in [6.45, 7) is 4.30. The Morgan fingerprint density at radius 1 is 1.60 bits per heavy atom. The van der Waals surface area contributed by atoms with Crippen LogP contribution in [0, 0.1) is 0 Å². The topological polar surface area (TPSA) is 43.4 Å². The molecule has 0 N–H and O–H groups in total. The van der Waals surface area contributed by atoms with E-state index >= 15 is 0 Å². The third kappa shape index (κ3) is 2.91. The molecule has 1 aliphatic rings. The van der Waals surface area contributed by atoms with Crippen LogP contribution in [0.25, 0.3) is 0 Å². The van der Waals surface area contributed by atoms with Gasteiger partial charge in [0, 0.05) is 12.8 Å². The number of allylic oxidation sites excluding steroid dienone is 2. The van der Waals surface area contributed by atoms with E-state index in [9.17, 15) is 9.59 Å². The van der Waals surface area contributed by atoms with E-state index < -0.39 is 10.3 Å². The van der Waals surface area contributed by atoms with Crippen LogP contribution in [0.1, 0.15) is 33.1 Å². The first-order valence-electron chi connectivity index (χ1n) is 4.99. The minimum Gasteiger partial charge on any atom is -0.464 e. The number of alkyl halides is 1. The van der Waals surface area contributed by atoms with Crippen molar-refractivity contribution in [1.82, 2.24) is 0 Å². The molecule has 3 nitrogen and oxygen atoms in total. The van der Waals surface area contributed by atoms with E-state index in [1.165, 1.54) is 5.57 Å². The molecule has 0 spiro atoms. The minimum absolute atomic E-state index is 0.0810. The molecule has 1 unspecified atom stereocenters. The van der Waals surface area contributed by atoms with E-state index in [1.54, 1.807) is 0 Å². The first kappa shape index (κ1) is 12.4. The first-order valence-corrected chi connectivity index (χ1v) is 5.79. The highest BCUT2D eigenvalue weighted by molar-refractivity contribution is 9.10. The maximum absolute atomic E-state index is 11.8. The molecule has 0 amide bonds. The smallest absolute Gasteiger partial charge is 0.330 e. The van der Waals surface area contributed by atoms with E-state index in [0.29, 0.717) is 25.9 Å². The number of ketones is 1. The Morgan fingerprint density at radius 2 is 2.27 bits per heavy atom. The molecule has 1 heterocycles. The standard InChI is InChI=1S/C11H15BrO3/c1-8(2)4-3-5-9(13)11(12)6-7-15-10(11)14/h4H,3,5-7H2,1-2H3. The summed E-state index contributed by atoms with van der Waals surface area (Å²) in [5.74, 6) is -0.521. The van der Waals surface area contributed by atoms with Crippen LogP contribution < -0.4 is 0 Å². The van der Waals surface area contributed by atoms with Gasteiger partial charge in [-0.15, -0.1) is 0 Å². The molecule has 1 atom stereocenters. The van der Waals surface area contributed by atoms with Gasteiger partial charge < -0.3 is 4.74 Å². The summed E-state index contributed by atoms with van der Waals surface area (Å²) in [5, 5.41) is 0. The molecule has 0 aromatic carbocycles. The number of ether oxygens (including phenoxy) is 1. The molecule has 1 rings (SSSR count). The number of hydrogen-bond donors (Lipinski definition) is 0. The van der Waals surface area contributed by atoms with Gasteiger partial charge in [0.2, 0.25) is 0 Å². The van der Waals surface area contributed by atoms with E-state index in [-0.39, 0.29) is 5.78 Å². The highest BCUT2D eigenvalue weighted by atomic mass is 79.9. The summed E-state index contributed by atoms with van der Waals surface area (Å²) in [5.41, 5.74) is 1.18. The fraction of sp³-hybridized carbons (Fsp3) is 0.636. The van der Waals surface area contributed by atoms with E-state index in [1.807, 2.05) is 19.9 Å². The van der Waals surface area contributed by atoms with Crippen LogP contribution >= 0.6 is 15.9 Å². The number of halogens is 1. The average molecular weight is 275 g/mol. The zero-order chi connectivity index (χ0) is 11.5. The molecule has 1 saturated heterocycles. The van der Waals surface area contributed by atoms with Gasteiger partial charge in [0.25, 0.3) is 0 Å². The van der Waals surface area contributed by atoms with Gasteiger partial charge in [-0.1, -0.05) is 27.6 Å². The van der Waals surface area contributed by atoms with Crippen molar-refractivity contribution in [2.24, 2.45) is 0 Å². The second kappa shape index (κ2) is 4.92. The second-order valence-corrected chi connectivity index (χ2v) is 5.28. The van der Waals surface area contributed by atoms with Crippen molar-refractivity contribution in [2.45, 2.75) is 37.4 Å². The quantitative estimate of drug-likeness (QED) is 0.342. The molecule has 0 aromatic heterocycles. The van der Waals surface area contributed by atoms with Crippen molar-refractivity contribution < 1.29 is 14.3 Å². The number of esters is 1. The number of carbonyl (C=O) groups excluding carboxylic acids is 2. The Kier molecular flexibility index (Phi) is 4.08. The zero-order valence-electron chi connectivity index (χ0n) is 9.01. The van der Waals surface area contributed by atoms with Crippen molar-refractivity contribution in [3.63, 3.8) is 0 Å². The van der Waals surface area contributed by atoms with Crippen LogP contribution in [0.15, 0.2) is 11.6 Å². The monoisotopic (exact) mass is 274 g/mol. The third-order valence-corrected chi connectivity index (χ3v) is 3.53. The van der Waals surface area contributed by atoms with E-state index in [0.717, 1.165) is 0 Å². The van der Waals surface area contributed by atoms with Crippen LogP contribution in [0.3, 0.4) is 0 Å². The lowest BCUT2D eigenvalue weighted by Crippen LogP contribution is -2.36. The predicted molar refractivity (Wildman–Crippen MR) is 60.9 cm³/mol. The second-order valence-electron chi connectivity index (χ2n) is 3.93. The predicted octanol–water partition coefficient (Wildman–Crippen LogP) is 2.38. The molecule has 15 heavy (non-hydrogen) atoms. The number of carbonyl (C=O) groups is 2. The number of hydrogen-bond acceptors (Lipinski definition) is 3. The molecular formula is C11H15BrO3. The molecular weight excluding hydrogens is 260 g/mol. The zero-order valence-corrected chi connectivity index (χ0v) is 10.6. The Bertz CT molecular complexity index is 305. The molecule has 1 aliphatic heterocycles. The van der Waals surface area contributed by atoms with E-state index in [2.05, 4.69) is 15.9 Å². The number of rotatable bonds is 4. The maximum Gasteiger partial charge on any atom is 0.330 e. The fourth-order valence-corrected chi connectivity index (χ4v) is 1.92. The summed E-state index contributed by atoms with van der Waals surface area (Å²) >= 11 is 3.20. The third-order valence-electron chi connectivity index (χ3n) is 2.37. The van der Waals surface area contributed by atoms with Crippen LogP contribution in [0.4, 0.5) is 0 Å². The van der Waals surface area contributed by atoms with Gasteiger partial charge in [-0.25, -0.2) is 0 Å². The largest absolute Gasteiger partial charge is 0.464 e. The normalized spacial score (nSPS) is 24.9. The average Bonchev–Trinajstić information content (AvgIpc) is 2.47. The Hall–Kier alpha value is -0.640. The molecule has 0 radical (unpaired) electrons. The molecule has 0 aromatic rings. The molecule has 0 bridgehead atoms. The van der Waals surface area contributed by atoms with Crippen molar-refractivity contribution in [3.8, 4) is 0 Å². The van der Waals surface area contributed by atoms with Gasteiger partial charge in [0.15, 0.2) is 10.1 Å². The number of cyclic esters (lactones) is 1. The van der Waals surface area contributed by atoms with Crippen LogP contribution in [0.2, 0.25) is 0 Å². The van der Waals surface area contributed by atoms with Crippen molar-refractivity contribution in [1.29, 1.82) is 0 Å². The Labute approximate surface area is 98.0 Å². The lowest BCUT2D eigenvalue weighted by atomic mass is 9.98. The van der Waals surface area contributed by atoms with E-state index in [4.69, 9.17) is 4.74 Å². The summed E-state index contributed by atoms with van der Waals surface area (Å²) in [6.07, 6.45) is 3.50. The SMILES string of the molecule is CC(C)=CCCC(=O)C1(Br)CCOC1=O. The molecule has 84 valence electrons. The van der Waals surface area contributed by atoms with Crippen LogP contribution in [0.5, 0.6) is 0 Å². The Morgan fingerprint density at radius 3 is 2.73 bits per heavy atom. The molecule has 0 saturated carbocycles. The lowest BCUT2D eigenvalue weighted by molar-refractivity contribution is -0.142. The summed E-state index contributed by atoms with van der Waals surface area (Å²) in [4.78, 5) is 23.1. The van der Waals surface area contributed by atoms with Gasteiger partial charge >= 0.3 is 5.97 Å². The van der Waals surface area contributed by atoms with Gasteiger partial charge in [-0.2, -0.15) is 0 Å². The number of Topliss-reactive ketones (excluding diaryl/α,β-unsaturated/α-hetero) is 1. The summed E-state index contributed by atoms with van der Waals surface area (Å²) < 4.78 is 3.73. The minimum atomic E-state index is -1.07. The fourth-order valence-electron chi connectivity index (χ4n) is 1.44. The Balaban J connectivity index is 2.53. The summed E-state index contributed by atoms with van der Waals surface area (Å²) in [6, 6.07) is 0. The van der Waals surface area contributed by atoms with Crippen LogP contribution in [-0.2, 0) is 14.3 Å². The van der Waals surface area contributed by atoms with Crippen molar-refractivity contribution >= 4 is 27.7 Å².